The van der Waals surface area contributed by atoms with E-state index < -0.39 is 10.0 Å². The van der Waals surface area contributed by atoms with Crippen molar-refractivity contribution >= 4 is 16.0 Å². The zero-order chi connectivity index (χ0) is 15.3. The Bertz CT molecular complexity index is 767. The Balaban J connectivity index is 2.11. The molecule has 0 radical (unpaired) electrons. The lowest BCUT2D eigenvalue weighted by Crippen LogP contribution is -2.24. The Morgan fingerprint density at radius 2 is 2.00 bits per heavy atom. The molecule has 0 fully saturated rings. The fraction of sp³-hybridized carbons (Fsp3) is 0.0833. The van der Waals surface area contributed by atoms with Gasteiger partial charge in [0.15, 0.2) is 0 Å². The Kier molecular flexibility index (Phi) is 4.44. The van der Waals surface area contributed by atoms with Crippen LogP contribution < -0.4 is 16.0 Å². The standard InChI is InChI=1S/C12H12N6O2S/c13-5-9-2-1-3-10(4-9)6-17-21(19,20)11-7-15-12(18-14)16-8-11/h1-4,7-8,17H,6,14H2,(H,15,16,18). The molecule has 0 aliphatic heterocycles. The van der Waals surface area contributed by atoms with Crippen molar-refractivity contribution in [3.8, 4) is 6.07 Å². The Hall–Kier alpha value is -2.54. The van der Waals surface area contributed by atoms with Crippen LogP contribution in [-0.2, 0) is 16.6 Å². The van der Waals surface area contributed by atoms with E-state index in [-0.39, 0.29) is 17.4 Å². The van der Waals surface area contributed by atoms with E-state index in [9.17, 15) is 8.42 Å². The van der Waals surface area contributed by atoms with Crippen LogP contribution in [0.25, 0.3) is 0 Å². The van der Waals surface area contributed by atoms with Crippen LogP contribution in [0.2, 0.25) is 0 Å². The lowest BCUT2D eigenvalue weighted by atomic mass is 10.1. The van der Waals surface area contributed by atoms with Gasteiger partial charge in [0, 0.05) is 6.54 Å². The monoisotopic (exact) mass is 304 g/mol. The van der Waals surface area contributed by atoms with Crippen molar-refractivity contribution in [2.45, 2.75) is 11.4 Å². The minimum Gasteiger partial charge on any atom is -0.292 e. The van der Waals surface area contributed by atoms with Crippen LogP contribution in [0.1, 0.15) is 11.1 Å². The number of nitrogens with one attached hydrogen (secondary N) is 2. The van der Waals surface area contributed by atoms with Crippen LogP contribution in [0, 0.1) is 11.3 Å². The van der Waals surface area contributed by atoms with Gasteiger partial charge in [0.25, 0.3) is 0 Å². The molecular formula is C12H12N6O2S. The summed E-state index contributed by atoms with van der Waals surface area (Å²) in [5, 5.41) is 8.80. The van der Waals surface area contributed by atoms with Gasteiger partial charge in [-0.3, -0.25) is 5.43 Å². The number of aromatic nitrogens is 2. The van der Waals surface area contributed by atoms with Gasteiger partial charge >= 0.3 is 0 Å². The summed E-state index contributed by atoms with van der Waals surface area (Å²) in [4.78, 5) is 7.40. The molecule has 0 unspecified atom stereocenters. The van der Waals surface area contributed by atoms with Crippen molar-refractivity contribution in [3.63, 3.8) is 0 Å². The van der Waals surface area contributed by atoms with Gasteiger partial charge < -0.3 is 0 Å². The first kappa shape index (κ1) is 14.9. The summed E-state index contributed by atoms with van der Waals surface area (Å²) in [6.45, 7) is 0.0642. The Labute approximate surface area is 121 Å². The van der Waals surface area contributed by atoms with Crippen molar-refractivity contribution in [1.82, 2.24) is 14.7 Å². The zero-order valence-corrected chi connectivity index (χ0v) is 11.6. The van der Waals surface area contributed by atoms with Crippen LogP contribution in [0.15, 0.2) is 41.6 Å². The summed E-state index contributed by atoms with van der Waals surface area (Å²) >= 11 is 0. The van der Waals surface area contributed by atoms with Crippen molar-refractivity contribution in [2.24, 2.45) is 5.84 Å². The van der Waals surface area contributed by atoms with Crippen molar-refractivity contribution < 1.29 is 8.42 Å². The molecule has 21 heavy (non-hydrogen) atoms. The maximum atomic E-state index is 12.1. The molecular weight excluding hydrogens is 292 g/mol. The van der Waals surface area contributed by atoms with E-state index in [2.05, 4.69) is 20.1 Å². The Morgan fingerprint density at radius 1 is 1.29 bits per heavy atom. The minimum atomic E-state index is -3.73. The number of sulfonamides is 1. The van der Waals surface area contributed by atoms with E-state index in [4.69, 9.17) is 11.1 Å². The topological polar surface area (TPSA) is 134 Å². The molecule has 108 valence electrons. The third-order valence-corrected chi connectivity index (χ3v) is 3.95. The van der Waals surface area contributed by atoms with E-state index in [1.165, 1.54) is 0 Å². The molecule has 0 bridgehead atoms. The summed E-state index contributed by atoms with van der Waals surface area (Å²) in [5.41, 5.74) is 3.35. The lowest BCUT2D eigenvalue weighted by Gasteiger charge is -2.07. The molecule has 2 aromatic rings. The number of hydrogen-bond acceptors (Lipinski definition) is 7. The maximum absolute atomic E-state index is 12.1. The summed E-state index contributed by atoms with van der Waals surface area (Å²) in [7, 11) is -3.73. The van der Waals surface area contributed by atoms with E-state index in [0.29, 0.717) is 11.1 Å². The molecule has 2 rings (SSSR count). The normalized spacial score (nSPS) is 10.9. The van der Waals surface area contributed by atoms with Crippen LogP contribution >= 0.6 is 0 Å². The molecule has 0 spiro atoms. The average Bonchev–Trinajstić information content (AvgIpc) is 2.53. The maximum Gasteiger partial charge on any atom is 0.243 e. The largest absolute Gasteiger partial charge is 0.292 e. The van der Waals surface area contributed by atoms with Gasteiger partial charge in [0.2, 0.25) is 16.0 Å². The third-order valence-electron chi connectivity index (χ3n) is 2.59. The van der Waals surface area contributed by atoms with Crippen LogP contribution in [0.4, 0.5) is 5.95 Å². The van der Waals surface area contributed by atoms with Gasteiger partial charge in [-0.15, -0.1) is 0 Å². The average molecular weight is 304 g/mol. The molecule has 0 aliphatic rings. The number of nitrogens with two attached hydrogens (primary N) is 1. The molecule has 8 nitrogen and oxygen atoms in total. The minimum absolute atomic E-state index is 0.0642. The SMILES string of the molecule is N#Cc1cccc(CNS(=O)(=O)c2cnc(NN)nc2)c1. The van der Waals surface area contributed by atoms with Crippen LogP contribution in [0.3, 0.4) is 0 Å². The molecule has 4 N–H and O–H groups in total. The van der Waals surface area contributed by atoms with Gasteiger partial charge in [-0.25, -0.2) is 29.0 Å². The molecule has 0 amide bonds. The van der Waals surface area contributed by atoms with Crippen molar-refractivity contribution in [3.05, 3.63) is 47.8 Å². The smallest absolute Gasteiger partial charge is 0.243 e. The fourth-order valence-corrected chi connectivity index (χ4v) is 2.45. The summed E-state index contributed by atoms with van der Waals surface area (Å²) in [5.74, 6) is 5.23. The fourth-order valence-electron chi connectivity index (χ4n) is 1.54. The molecule has 0 saturated carbocycles. The molecule has 0 atom stereocenters. The van der Waals surface area contributed by atoms with Crippen LogP contribution in [-0.4, -0.2) is 18.4 Å². The predicted octanol–water partition coefficient (Wildman–Crippen LogP) is 0.112. The first-order valence-electron chi connectivity index (χ1n) is 5.82. The van der Waals surface area contributed by atoms with Crippen LogP contribution in [0.5, 0.6) is 0 Å². The highest BCUT2D eigenvalue weighted by molar-refractivity contribution is 7.89. The number of hydrogen-bond donors (Lipinski definition) is 3. The number of nitrogens with zero attached hydrogens (tertiary/aromatic N) is 3. The number of hydrazine groups is 1. The van der Waals surface area contributed by atoms with Gasteiger partial charge in [-0.2, -0.15) is 5.26 Å². The van der Waals surface area contributed by atoms with Gasteiger partial charge in [0.1, 0.15) is 4.90 Å². The molecule has 1 heterocycles. The second-order valence-corrected chi connectivity index (χ2v) is 5.79. The second kappa shape index (κ2) is 6.27. The number of anilines is 1. The summed E-state index contributed by atoms with van der Waals surface area (Å²) < 4.78 is 26.5. The number of benzene rings is 1. The van der Waals surface area contributed by atoms with E-state index in [0.717, 1.165) is 12.4 Å². The first-order valence-corrected chi connectivity index (χ1v) is 7.31. The predicted molar refractivity (Wildman–Crippen MR) is 75.0 cm³/mol. The first-order chi connectivity index (χ1) is 10.0. The Morgan fingerprint density at radius 3 is 2.62 bits per heavy atom. The highest BCUT2D eigenvalue weighted by Gasteiger charge is 2.15. The quantitative estimate of drug-likeness (QED) is 0.527. The zero-order valence-electron chi connectivity index (χ0n) is 10.8. The summed E-state index contributed by atoms with van der Waals surface area (Å²) in [6, 6.07) is 8.66. The number of rotatable bonds is 5. The molecule has 0 saturated heterocycles. The van der Waals surface area contributed by atoms with Gasteiger partial charge in [0.05, 0.1) is 24.0 Å². The van der Waals surface area contributed by atoms with Crippen molar-refractivity contribution in [1.29, 1.82) is 5.26 Å². The molecule has 1 aromatic heterocycles. The molecule has 0 aliphatic carbocycles. The van der Waals surface area contributed by atoms with Gasteiger partial charge in [-0.1, -0.05) is 12.1 Å². The second-order valence-electron chi connectivity index (χ2n) is 4.02. The third kappa shape index (κ3) is 3.73. The van der Waals surface area contributed by atoms with E-state index in [1.807, 2.05) is 6.07 Å². The van der Waals surface area contributed by atoms with Crippen molar-refractivity contribution in [2.75, 3.05) is 5.43 Å². The number of nitriles is 1. The molecule has 9 heteroatoms. The molecule has 1 aromatic carbocycles. The van der Waals surface area contributed by atoms with E-state index >= 15 is 0 Å². The van der Waals surface area contributed by atoms with Gasteiger partial charge in [-0.05, 0) is 17.7 Å². The summed E-state index contributed by atoms with van der Waals surface area (Å²) in [6.07, 6.45) is 2.30. The van der Waals surface area contributed by atoms with E-state index in [1.54, 1.807) is 24.3 Å². The number of nitrogen functional groups attached to an aromatic ring is 1. The highest BCUT2D eigenvalue weighted by Crippen LogP contribution is 2.09. The highest BCUT2D eigenvalue weighted by atomic mass is 32.2. The lowest BCUT2D eigenvalue weighted by molar-refractivity contribution is 0.580.